The van der Waals surface area contributed by atoms with E-state index in [0.29, 0.717) is 5.92 Å². The zero-order valence-electron chi connectivity index (χ0n) is 12.8. The van der Waals surface area contributed by atoms with Crippen molar-refractivity contribution in [1.29, 1.82) is 0 Å². The van der Waals surface area contributed by atoms with Gasteiger partial charge in [0.15, 0.2) is 0 Å². The van der Waals surface area contributed by atoms with Gasteiger partial charge in [-0.15, -0.1) is 11.3 Å². The average molecular weight is 280 g/mol. The first-order valence-electron chi connectivity index (χ1n) is 7.76. The van der Waals surface area contributed by atoms with E-state index in [-0.39, 0.29) is 5.54 Å². The van der Waals surface area contributed by atoms with Crippen LogP contribution in [0.3, 0.4) is 0 Å². The quantitative estimate of drug-likeness (QED) is 0.785. The number of hydrogen-bond acceptors (Lipinski definition) is 3. The van der Waals surface area contributed by atoms with Gasteiger partial charge >= 0.3 is 0 Å². The fourth-order valence-corrected chi connectivity index (χ4v) is 3.85. The molecule has 1 aliphatic rings. The van der Waals surface area contributed by atoms with Crippen LogP contribution in [0, 0.1) is 5.92 Å². The minimum absolute atomic E-state index is 0.0822. The van der Waals surface area contributed by atoms with Gasteiger partial charge in [0.05, 0.1) is 11.2 Å². The summed E-state index contributed by atoms with van der Waals surface area (Å²) in [4.78, 5) is 4.90. The molecule has 1 aliphatic carbocycles. The Bertz CT molecular complexity index is 395. The summed E-state index contributed by atoms with van der Waals surface area (Å²) in [7, 11) is 0. The third-order valence-corrected chi connectivity index (χ3v) is 5.40. The summed E-state index contributed by atoms with van der Waals surface area (Å²) in [5.74, 6) is 1.44. The highest BCUT2D eigenvalue weighted by Crippen LogP contribution is 2.39. The lowest BCUT2D eigenvalue weighted by Crippen LogP contribution is -2.42. The monoisotopic (exact) mass is 280 g/mol. The maximum Gasteiger partial charge on any atom is 0.113 e. The molecule has 19 heavy (non-hydrogen) atoms. The minimum Gasteiger partial charge on any atom is -0.306 e. The van der Waals surface area contributed by atoms with E-state index in [4.69, 9.17) is 4.98 Å². The van der Waals surface area contributed by atoms with E-state index in [1.165, 1.54) is 42.8 Å². The van der Waals surface area contributed by atoms with Gasteiger partial charge in [-0.05, 0) is 38.1 Å². The summed E-state index contributed by atoms with van der Waals surface area (Å²) in [6, 6.07) is 0. The lowest BCUT2D eigenvalue weighted by Gasteiger charge is -2.36. The second-order valence-electron chi connectivity index (χ2n) is 6.49. The smallest absolute Gasteiger partial charge is 0.113 e. The van der Waals surface area contributed by atoms with Crippen molar-refractivity contribution in [2.45, 2.75) is 71.3 Å². The van der Waals surface area contributed by atoms with Gasteiger partial charge < -0.3 is 5.32 Å². The molecular formula is C16H28N2S. The summed E-state index contributed by atoms with van der Waals surface area (Å²) < 4.78 is 0. The van der Waals surface area contributed by atoms with Gasteiger partial charge in [-0.25, -0.2) is 4.98 Å². The predicted octanol–water partition coefficient (Wildman–Crippen LogP) is 4.67. The Balaban J connectivity index is 2.13. The molecule has 1 aromatic rings. The Hall–Kier alpha value is -0.410. The van der Waals surface area contributed by atoms with Crippen LogP contribution in [0.15, 0.2) is 5.38 Å². The Morgan fingerprint density at radius 1 is 1.47 bits per heavy atom. The highest BCUT2D eigenvalue weighted by Gasteiger charge is 2.34. The number of hydrogen-bond donors (Lipinski definition) is 1. The van der Waals surface area contributed by atoms with Gasteiger partial charge in [-0.3, -0.25) is 0 Å². The Morgan fingerprint density at radius 3 is 2.68 bits per heavy atom. The number of thiazole rings is 1. The van der Waals surface area contributed by atoms with Crippen molar-refractivity contribution < 1.29 is 0 Å². The number of nitrogens with zero attached hydrogens (tertiary/aromatic N) is 1. The van der Waals surface area contributed by atoms with E-state index in [1.54, 1.807) is 0 Å². The molecule has 0 amide bonds. The molecule has 3 heteroatoms. The van der Waals surface area contributed by atoms with Crippen LogP contribution in [0.4, 0.5) is 0 Å². The van der Waals surface area contributed by atoms with Gasteiger partial charge in [-0.2, -0.15) is 0 Å². The van der Waals surface area contributed by atoms with Gasteiger partial charge in [-0.1, -0.05) is 40.0 Å². The van der Waals surface area contributed by atoms with Crippen molar-refractivity contribution in [2.24, 2.45) is 5.92 Å². The minimum atomic E-state index is 0.0822. The van der Waals surface area contributed by atoms with E-state index >= 15 is 0 Å². The molecule has 0 saturated heterocycles. The van der Waals surface area contributed by atoms with Crippen LogP contribution < -0.4 is 5.32 Å². The average Bonchev–Trinajstić information content (AvgIpc) is 2.82. The summed E-state index contributed by atoms with van der Waals surface area (Å²) in [6.45, 7) is 10.1. The summed E-state index contributed by atoms with van der Waals surface area (Å²) >= 11 is 1.84. The lowest BCUT2D eigenvalue weighted by molar-refractivity contribution is 0.203. The molecule has 1 aromatic heterocycles. The third-order valence-electron chi connectivity index (χ3n) is 4.27. The van der Waals surface area contributed by atoms with Crippen LogP contribution >= 0.6 is 11.3 Å². The molecule has 1 N–H and O–H groups in total. The normalized spacial score (nSPS) is 19.4. The summed E-state index contributed by atoms with van der Waals surface area (Å²) in [5, 5.41) is 7.29. The summed E-state index contributed by atoms with van der Waals surface area (Å²) in [5.41, 5.74) is 1.33. The maximum atomic E-state index is 4.90. The Kier molecular flexibility index (Phi) is 5.02. The fraction of sp³-hybridized carbons (Fsp3) is 0.812. The molecular weight excluding hydrogens is 252 g/mol. The van der Waals surface area contributed by atoms with E-state index in [0.717, 1.165) is 12.5 Å². The fourth-order valence-electron chi connectivity index (χ4n) is 2.72. The molecule has 2 rings (SSSR count). The molecule has 2 nitrogen and oxygen atoms in total. The predicted molar refractivity (Wildman–Crippen MR) is 83.8 cm³/mol. The zero-order valence-corrected chi connectivity index (χ0v) is 13.6. The molecule has 108 valence electrons. The molecule has 0 spiro atoms. The first-order valence-corrected chi connectivity index (χ1v) is 8.64. The van der Waals surface area contributed by atoms with Crippen molar-refractivity contribution >= 4 is 11.3 Å². The molecule has 0 aliphatic heterocycles. The van der Waals surface area contributed by atoms with Crippen molar-refractivity contribution in [3.63, 3.8) is 0 Å². The van der Waals surface area contributed by atoms with Gasteiger partial charge in [0, 0.05) is 5.38 Å². The number of rotatable bonds is 7. The largest absolute Gasteiger partial charge is 0.306 e. The number of nitrogens with one attached hydrogen (secondary N) is 1. The first-order chi connectivity index (χ1) is 9.05. The second kappa shape index (κ2) is 6.36. The Labute approximate surface area is 122 Å². The molecule has 0 radical (unpaired) electrons. The van der Waals surface area contributed by atoms with E-state index < -0.39 is 0 Å². The van der Waals surface area contributed by atoms with Crippen LogP contribution in [0.5, 0.6) is 0 Å². The van der Waals surface area contributed by atoms with E-state index in [9.17, 15) is 0 Å². The maximum absolute atomic E-state index is 4.90. The summed E-state index contributed by atoms with van der Waals surface area (Å²) in [6.07, 6.45) is 6.67. The number of aromatic nitrogens is 1. The molecule has 0 aromatic carbocycles. The second-order valence-corrected chi connectivity index (χ2v) is 7.35. The van der Waals surface area contributed by atoms with Crippen LogP contribution in [0.25, 0.3) is 0 Å². The van der Waals surface area contributed by atoms with Crippen LogP contribution in [-0.2, 0) is 5.54 Å². The van der Waals surface area contributed by atoms with Crippen LogP contribution in [0.1, 0.15) is 76.4 Å². The van der Waals surface area contributed by atoms with E-state index in [2.05, 4.69) is 38.4 Å². The van der Waals surface area contributed by atoms with Crippen molar-refractivity contribution in [3.05, 3.63) is 16.1 Å². The molecule has 1 atom stereocenters. The van der Waals surface area contributed by atoms with Gasteiger partial charge in [0.1, 0.15) is 5.01 Å². The van der Waals surface area contributed by atoms with Gasteiger partial charge in [0.25, 0.3) is 0 Å². The molecule has 1 unspecified atom stereocenters. The van der Waals surface area contributed by atoms with Crippen LogP contribution in [-0.4, -0.2) is 11.5 Å². The van der Waals surface area contributed by atoms with Crippen molar-refractivity contribution in [2.75, 3.05) is 6.54 Å². The molecule has 1 fully saturated rings. The standard InChI is InChI=1S/C16H28N2S/c1-5-9-17-16(4,10-13-7-6-8-13)15-18-14(11-19-15)12(2)3/h11-13,17H,5-10H2,1-4H3. The molecule has 0 bridgehead atoms. The highest BCUT2D eigenvalue weighted by atomic mass is 32.1. The molecule has 1 saturated carbocycles. The van der Waals surface area contributed by atoms with Gasteiger partial charge in [0.2, 0.25) is 0 Å². The zero-order chi connectivity index (χ0) is 13.9. The highest BCUT2D eigenvalue weighted by molar-refractivity contribution is 7.09. The van der Waals surface area contributed by atoms with Crippen molar-refractivity contribution in [3.8, 4) is 0 Å². The topological polar surface area (TPSA) is 24.9 Å². The Morgan fingerprint density at radius 2 is 2.21 bits per heavy atom. The SMILES string of the molecule is CCCNC(C)(CC1CCC1)c1nc(C(C)C)cs1. The molecule has 1 heterocycles. The third kappa shape index (κ3) is 3.57. The van der Waals surface area contributed by atoms with Crippen LogP contribution in [0.2, 0.25) is 0 Å². The first kappa shape index (κ1) is 15.0. The van der Waals surface area contributed by atoms with E-state index in [1.807, 2.05) is 11.3 Å². The van der Waals surface area contributed by atoms with Crippen molar-refractivity contribution in [1.82, 2.24) is 10.3 Å². The lowest BCUT2D eigenvalue weighted by atomic mass is 9.76.